The van der Waals surface area contributed by atoms with Crippen LogP contribution in [0.2, 0.25) is 0 Å². The van der Waals surface area contributed by atoms with Gasteiger partial charge in [0.05, 0.1) is 38.7 Å². The van der Waals surface area contributed by atoms with Crippen molar-refractivity contribution in [2.24, 2.45) is 0 Å². The van der Waals surface area contributed by atoms with Gasteiger partial charge in [0.25, 0.3) is 6.48 Å². The van der Waals surface area contributed by atoms with Gasteiger partial charge in [0.1, 0.15) is 36.5 Å². The number of nitrogen functional groups attached to an aromatic ring is 1. The molecular weight excluding hydrogens is 1150 g/mol. The first-order chi connectivity index (χ1) is 40.5. The number of rotatable bonds is 15. The van der Waals surface area contributed by atoms with Crippen LogP contribution in [0.3, 0.4) is 0 Å². The number of hydrogen-bond donors (Lipinski definition) is 3. The second kappa shape index (κ2) is 36.9. The summed E-state index contributed by atoms with van der Waals surface area (Å²) in [5, 5.41) is 46.1. The van der Waals surface area contributed by atoms with E-state index >= 15 is 0 Å². The fourth-order valence-electron chi connectivity index (χ4n) is 7.97. The number of benzene rings is 3. The van der Waals surface area contributed by atoms with E-state index in [1.54, 1.807) is 82.2 Å². The first-order valence-electron chi connectivity index (χ1n) is 26.2. The average molecular weight is 1210 g/mol. The van der Waals surface area contributed by atoms with Crippen LogP contribution in [0.5, 0.6) is 17.2 Å². The molecule has 2 fully saturated rings. The number of phenolic OH excluding ortho intramolecular Hbond substituents is 2. The van der Waals surface area contributed by atoms with Gasteiger partial charge in [-0.2, -0.15) is 0 Å². The standard InChI is InChI=1S/C22H24N8OS.C15H19ClN4S.C7H6N4O.C6H7NO.C4H10O3.N3.Na/c1-2-16-11-23-22(24-12-16)29-9-7-17(8-10-29)21-26-18(14-32-21)13-31-20-5-3-19(4-6-20)30-15-25-27-28-30;1-2-11-8-17-15(18-9-11)20-5-3-12(4-6-20)14-19-13(7-16)10-21-14;12-7-3-1-6(2-4-7)11-5-8-9-10-11;7-5-1-3-6(8)4-2-5;1-5-4(6-2)7-3;1-3-2;/h3-6,11-12,14-15,17H,2,7-10,13H2,1H3;8-10,12H,2-7H2,1H3;1-5,12H;1-4,8H,7H2;4H,1-3H3;;/q;;;;;-1;+1. The van der Waals surface area contributed by atoms with Gasteiger partial charge in [-0.15, -0.1) is 44.5 Å². The third kappa shape index (κ3) is 21.9. The Kier molecular flexibility index (Phi) is 29.6. The van der Waals surface area contributed by atoms with Crippen LogP contribution in [0.15, 0.2) is 121 Å². The Hall–Kier alpha value is -7.50. The van der Waals surface area contributed by atoms with Crippen molar-refractivity contribution in [3.63, 3.8) is 0 Å². The number of halogens is 1. The topological polar surface area (TPSA) is 333 Å². The third-order valence-electron chi connectivity index (χ3n) is 12.5. The van der Waals surface area contributed by atoms with Crippen LogP contribution < -0.4 is 49.8 Å². The second-order valence-electron chi connectivity index (χ2n) is 18.0. The summed E-state index contributed by atoms with van der Waals surface area (Å²) >= 11 is 9.29. The molecule has 6 aromatic heterocycles. The maximum atomic E-state index is 8.99. The van der Waals surface area contributed by atoms with Crippen molar-refractivity contribution >= 4 is 51.9 Å². The van der Waals surface area contributed by atoms with Crippen LogP contribution >= 0.6 is 34.3 Å². The number of tetrazole rings is 2. The number of hydrogen-bond acceptors (Lipinski definition) is 23. The molecule has 0 spiro atoms. The number of nitrogens with two attached hydrogens (primary N) is 1. The van der Waals surface area contributed by atoms with Gasteiger partial charge in [-0.05, 0) is 143 Å². The monoisotopic (exact) mass is 1210 g/mol. The molecule has 2 saturated heterocycles. The number of alkyl halides is 1. The molecule has 4 N–H and O–H groups in total. The summed E-state index contributed by atoms with van der Waals surface area (Å²) in [6, 6.07) is 20.7. The predicted molar refractivity (Wildman–Crippen MR) is 317 cm³/mol. The molecule has 9 aromatic rings. The zero-order valence-electron chi connectivity index (χ0n) is 47.6. The van der Waals surface area contributed by atoms with Crippen molar-refractivity contribution in [2.45, 2.75) is 83.2 Å². The molecule has 2 aliphatic rings. The van der Waals surface area contributed by atoms with E-state index in [9.17, 15) is 0 Å². The Morgan fingerprint density at radius 1 is 0.631 bits per heavy atom. The summed E-state index contributed by atoms with van der Waals surface area (Å²) in [6.07, 6.45) is 17.1. The number of thiazole rings is 2. The number of phenols is 2. The minimum Gasteiger partial charge on any atom is -0.508 e. The fraction of sp³-hybridized carbons (Fsp3) is 0.370. The largest absolute Gasteiger partial charge is 1.00 e. The van der Waals surface area contributed by atoms with Gasteiger partial charge in [-0.25, -0.2) is 39.3 Å². The van der Waals surface area contributed by atoms with Crippen LogP contribution in [-0.4, -0.2) is 135 Å². The van der Waals surface area contributed by atoms with E-state index in [1.165, 1.54) is 58.4 Å². The van der Waals surface area contributed by atoms with Crippen molar-refractivity contribution < 1.29 is 58.7 Å². The zero-order valence-corrected chi connectivity index (χ0v) is 51.9. The third-order valence-corrected chi connectivity index (χ3v) is 14.9. The molecule has 0 amide bonds. The van der Waals surface area contributed by atoms with Gasteiger partial charge in [0.2, 0.25) is 11.9 Å². The number of aromatic hydroxyl groups is 2. The molecular formula is C54H66ClN20NaO6S2. The molecule has 11 rings (SSSR count). The van der Waals surface area contributed by atoms with Crippen LogP contribution in [0.1, 0.15) is 83.9 Å². The molecule has 84 heavy (non-hydrogen) atoms. The number of aryl methyl sites for hydroxylation is 2. The van der Waals surface area contributed by atoms with Crippen molar-refractivity contribution in [1.29, 1.82) is 0 Å². The molecule has 0 bridgehead atoms. The molecule has 30 heteroatoms. The van der Waals surface area contributed by atoms with Crippen molar-refractivity contribution in [2.75, 3.05) is 63.0 Å². The van der Waals surface area contributed by atoms with E-state index in [2.05, 4.69) is 105 Å². The predicted octanol–water partition coefficient (Wildman–Crippen LogP) is 6.47. The van der Waals surface area contributed by atoms with Gasteiger partial charge < -0.3 is 55.8 Å². The summed E-state index contributed by atoms with van der Waals surface area (Å²) < 4.78 is 22.8. The van der Waals surface area contributed by atoms with Crippen LogP contribution in [0.4, 0.5) is 17.6 Å². The van der Waals surface area contributed by atoms with E-state index in [0.717, 1.165) is 105 Å². The summed E-state index contributed by atoms with van der Waals surface area (Å²) in [7, 11) is 4.53. The molecule has 8 heterocycles. The maximum absolute atomic E-state index is 8.99. The number of ether oxygens (including phenoxy) is 4. The van der Waals surface area contributed by atoms with Gasteiger partial charge >= 0.3 is 29.6 Å². The zero-order chi connectivity index (χ0) is 59.2. The minimum atomic E-state index is -0.514. The fourth-order valence-corrected chi connectivity index (χ4v) is 10.2. The first-order valence-corrected chi connectivity index (χ1v) is 28.4. The Balaban J connectivity index is 0.000000212. The van der Waals surface area contributed by atoms with Gasteiger partial charge in [-0.3, -0.25) is 4.91 Å². The normalized spacial score (nSPS) is 12.9. The summed E-state index contributed by atoms with van der Waals surface area (Å²) in [5.41, 5.74) is 25.5. The maximum Gasteiger partial charge on any atom is 1.00 e. The molecule has 0 saturated carbocycles. The first kappa shape index (κ1) is 67.3. The molecule has 3 aromatic carbocycles. The Bertz CT molecular complexity index is 3170. The SMILES string of the molecule is CCc1cnc(N2CCC(c3nc(CCl)cs3)CC2)nc1.CCc1cnc(N2CCC(c3nc(COc4ccc(-n5cnnn5)cc4)cs3)CC2)nc1.COC(OC)OC.Nc1ccc(O)cc1.Oc1ccc(-n2cnnn2)cc1.[N-]=[N+]=[N-].[Na+]. The van der Waals surface area contributed by atoms with Crippen molar-refractivity contribution in [3.05, 3.63) is 170 Å². The molecule has 0 unspecified atom stereocenters. The van der Waals surface area contributed by atoms with Gasteiger partial charge in [-0.1, -0.05) is 13.8 Å². The molecule has 0 radical (unpaired) electrons. The number of nitrogens with zero attached hydrogens (tertiary/aromatic N) is 19. The van der Waals surface area contributed by atoms with Gasteiger partial charge in [0, 0.05) is 101 Å². The van der Waals surface area contributed by atoms with E-state index in [4.69, 9.17) is 48.3 Å². The second-order valence-corrected chi connectivity index (χ2v) is 20.0. The number of methoxy groups -OCH3 is 3. The number of piperidine rings is 2. The van der Waals surface area contributed by atoms with Crippen LogP contribution in [0, 0.1) is 0 Å². The van der Waals surface area contributed by atoms with Crippen molar-refractivity contribution in [3.8, 4) is 28.6 Å². The number of aromatic nitrogens is 14. The van der Waals surface area contributed by atoms with E-state index < -0.39 is 6.48 Å². The Morgan fingerprint density at radius 3 is 1.37 bits per heavy atom. The summed E-state index contributed by atoms with van der Waals surface area (Å²) in [4.78, 5) is 33.5. The Labute approximate surface area is 521 Å². The quantitative estimate of drug-likeness (QED) is 0.0145. The Morgan fingerprint density at radius 2 is 1.02 bits per heavy atom. The van der Waals surface area contributed by atoms with Crippen LogP contribution in [0.25, 0.3) is 27.3 Å². The number of anilines is 3. The van der Waals surface area contributed by atoms with E-state index in [-0.39, 0.29) is 41.1 Å². The van der Waals surface area contributed by atoms with Crippen molar-refractivity contribution in [1.82, 2.24) is 70.3 Å². The van der Waals surface area contributed by atoms with E-state index in [1.807, 2.05) is 49.1 Å². The van der Waals surface area contributed by atoms with Gasteiger partial charge in [0.15, 0.2) is 0 Å². The molecule has 2 aliphatic heterocycles. The molecule has 0 atom stereocenters. The smallest absolute Gasteiger partial charge is 0.508 e. The minimum absolute atomic E-state index is 0. The summed E-state index contributed by atoms with van der Waals surface area (Å²) in [6.45, 7) is 8.07. The molecule has 438 valence electrons. The molecule has 0 aliphatic carbocycles. The van der Waals surface area contributed by atoms with E-state index in [0.29, 0.717) is 30.0 Å². The summed E-state index contributed by atoms with van der Waals surface area (Å²) in [5.74, 6) is 4.50. The average Bonchev–Trinajstić information content (AvgIpc) is 4.42. The molecule has 26 nitrogen and oxygen atoms in total. The van der Waals surface area contributed by atoms with Crippen LogP contribution in [-0.2, 0) is 39.5 Å².